The predicted molar refractivity (Wildman–Crippen MR) is 67.1 cm³/mol. The third-order valence-corrected chi connectivity index (χ3v) is 2.62. The quantitative estimate of drug-likeness (QED) is 0.821. The molecular formula is C14H12O4. The summed E-state index contributed by atoms with van der Waals surface area (Å²) in [6.45, 7) is 0.0501. The van der Waals surface area contributed by atoms with Crippen LogP contribution in [0.1, 0.15) is 16.8 Å². The lowest BCUT2D eigenvalue weighted by Gasteiger charge is -2.09. The molecule has 2 aromatic rings. The average molecular weight is 244 g/mol. The lowest BCUT2D eigenvalue weighted by Crippen LogP contribution is -2.06. The molecule has 4 heteroatoms. The van der Waals surface area contributed by atoms with Gasteiger partial charge in [0.15, 0.2) is 6.29 Å². The number of carbonyl (C=O) groups is 2. The van der Waals surface area contributed by atoms with Crippen molar-refractivity contribution in [3.63, 3.8) is 0 Å². The zero-order chi connectivity index (χ0) is 13.0. The molecule has 0 spiro atoms. The molecule has 2 aromatic carbocycles. The summed E-state index contributed by atoms with van der Waals surface area (Å²) in [7, 11) is 0. The Balaban J connectivity index is 2.33. The molecule has 0 radical (unpaired) electrons. The topological polar surface area (TPSA) is 63.6 Å². The second kappa shape index (κ2) is 5.31. The van der Waals surface area contributed by atoms with Gasteiger partial charge in [0.25, 0.3) is 0 Å². The maximum absolute atomic E-state index is 11.1. The minimum atomic E-state index is -0.927. The van der Waals surface area contributed by atoms with E-state index >= 15 is 0 Å². The number of ether oxygens (including phenoxy) is 1. The fraction of sp³-hybridized carbons (Fsp3) is 0.143. The number of carboxylic acids is 1. The SMILES string of the molecule is O=Cc1c(OCCC(=O)O)ccc2ccccc12. The molecule has 0 saturated heterocycles. The van der Waals surface area contributed by atoms with Gasteiger partial charge in [-0.05, 0) is 16.8 Å². The van der Waals surface area contributed by atoms with Gasteiger partial charge in [-0.25, -0.2) is 0 Å². The Labute approximate surface area is 104 Å². The molecule has 0 aromatic heterocycles. The third kappa shape index (κ3) is 2.48. The number of benzene rings is 2. The highest BCUT2D eigenvalue weighted by atomic mass is 16.5. The molecule has 0 saturated carbocycles. The minimum Gasteiger partial charge on any atom is -0.492 e. The molecule has 1 N–H and O–H groups in total. The van der Waals surface area contributed by atoms with E-state index < -0.39 is 5.97 Å². The normalized spacial score (nSPS) is 10.2. The van der Waals surface area contributed by atoms with Crippen LogP contribution in [0.2, 0.25) is 0 Å². The van der Waals surface area contributed by atoms with Crippen molar-refractivity contribution in [2.45, 2.75) is 6.42 Å². The van der Waals surface area contributed by atoms with Crippen molar-refractivity contribution in [1.29, 1.82) is 0 Å². The van der Waals surface area contributed by atoms with Gasteiger partial charge >= 0.3 is 5.97 Å². The Hall–Kier alpha value is -2.36. The van der Waals surface area contributed by atoms with Gasteiger partial charge < -0.3 is 9.84 Å². The van der Waals surface area contributed by atoms with Crippen molar-refractivity contribution in [1.82, 2.24) is 0 Å². The molecule has 0 aliphatic heterocycles. The Kier molecular flexibility index (Phi) is 3.57. The number of carbonyl (C=O) groups excluding carboxylic acids is 1. The van der Waals surface area contributed by atoms with E-state index in [1.54, 1.807) is 6.07 Å². The van der Waals surface area contributed by atoms with Crippen molar-refractivity contribution >= 4 is 23.0 Å². The average Bonchev–Trinajstić information content (AvgIpc) is 2.38. The van der Waals surface area contributed by atoms with Crippen LogP contribution in [0.4, 0.5) is 0 Å². The van der Waals surface area contributed by atoms with Gasteiger partial charge in [0.1, 0.15) is 5.75 Å². The minimum absolute atomic E-state index is 0.0501. The molecule has 0 fully saturated rings. The Bertz CT molecular complexity index is 589. The lowest BCUT2D eigenvalue weighted by atomic mass is 10.0. The molecule has 0 aliphatic carbocycles. The number of hydrogen-bond donors (Lipinski definition) is 1. The van der Waals surface area contributed by atoms with Crippen molar-refractivity contribution in [2.24, 2.45) is 0 Å². The van der Waals surface area contributed by atoms with Crippen LogP contribution in [0.3, 0.4) is 0 Å². The predicted octanol–water partition coefficient (Wildman–Crippen LogP) is 2.51. The van der Waals surface area contributed by atoms with Crippen LogP contribution in [0, 0.1) is 0 Å². The van der Waals surface area contributed by atoms with E-state index in [2.05, 4.69) is 0 Å². The van der Waals surface area contributed by atoms with Crippen LogP contribution < -0.4 is 4.74 Å². The van der Waals surface area contributed by atoms with E-state index in [0.29, 0.717) is 11.3 Å². The summed E-state index contributed by atoms with van der Waals surface area (Å²) in [5.41, 5.74) is 0.457. The fourth-order valence-electron chi connectivity index (χ4n) is 1.77. The number of fused-ring (bicyclic) bond motifs is 1. The first-order valence-electron chi connectivity index (χ1n) is 5.54. The maximum atomic E-state index is 11.1. The second-order valence-electron chi connectivity index (χ2n) is 3.81. The van der Waals surface area contributed by atoms with Crippen molar-refractivity contribution in [3.05, 3.63) is 42.0 Å². The van der Waals surface area contributed by atoms with E-state index in [9.17, 15) is 9.59 Å². The van der Waals surface area contributed by atoms with E-state index in [1.807, 2.05) is 30.3 Å². The van der Waals surface area contributed by atoms with E-state index in [1.165, 1.54) is 0 Å². The van der Waals surface area contributed by atoms with Gasteiger partial charge in [0.2, 0.25) is 0 Å². The maximum Gasteiger partial charge on any atom is 0.306 e. The first-order valence-corrected chi connectivity index (χ1v) is 5.54. The first-order chi connectivity index (χ1) is 8.72. The second-order valence-corrected chi connectivity index (χ2v) is 3.81. The first kappa shape index (κ1) is 12.1. The molecule has 0 bridgehead atoms. The summed E-state index contributed by atoms with van der Waals surface area (Å²) >= 11 is 0. The van der Waals surface area contributed by atoms with Gasteiger partial charge in [-0.15, -0.1) is 0 Å². The van der Waals surface area contributed by atoms with Crippen LogP contribution in [0.15, 0.2) is 36.4 Å². The molecule has 2 rings (SSSR count). The Morgan fingerprint density at radius 2 is 2.00 bits per heavy atom. The molecule has 92 valence electrons. The van der Waals surface area contributed by atoms with E-state index in [4.69, 9.17) is 9.84 Å². The monoisotopic (exact) mass is 244 g/mol. The summed E-state index contributed by atoms with van der Waals surface area (Å²) in [5.74, 6) is -0.506. The highest BCUT2D eigenvalue weighted by molar-refractivity contribution is 6.00. The van der Waals surface area contributed by atoms with Crippen molar-refractivity contribution < 1.29 is 19.4 Å². The van der Waals surface area contributed by atoms with Crippen molar-refractivity contribution in [2.75, 3.05) is 6.61 Å². The number of aldehydes is 1. The fourth-order valence-corrected chi connectivity index (χ4v) is 1.77. The van der Waals surface area contributed by atoms with Crippen LogP contribution >= 0.6 is 0 Å². The largest absolute Gasteiger partial charge is 0.492 e. The molecule has 0 unspecified atom stereocenters. The molecule has 0 atom stereocenters. The van der Waals surface area contributed by atoms with Crippen molar-refractivity contribution in [3.8, 4) is 5.75 Å². The highest BCUT2D eigenvalue weighted by Gasteiger charge is 2.08. The van der Waals surface area contributed by atoms with E-state index in [0.717, 1.165) is 17.1 Å². The zero-order valence-electron chi connectivity index (χ0n) is 9.63. The third-order valence-electron chi connectivity index (χ3n) is 2.62. The molecule has 4 nitrogen and oxygen atoms in total. The highest BCUT2D eigenvalue weighted by Crippen LogP contribution is 2.26. The van der Waals surface area contributed by atoms with Crippen LogP contribution in [-0.4, -0.2) is 24.0 Å². The Morgan fingerprint density at radius 1 is 1.22 bits per heavy atom. The number of aliphatic carboxylic acids is 1. The van der Waals surface area contributed by atoms with Crippen LogP contribution in [-0.2, 0) is 4.79 Å². The molecule has 18 heavy (non-hydrogen) atoms. The van der Waals surface area contributed by atoms with Gasteiger partial charge in [-0.1, -0.05) is 30.3 Å². The smallest absolute Gasteiger partial charge is 0.306 e. The number of rotatable bonds is 5. The van der Waals surface area contributed by atoms with Crippen LogP contribution in [0.25, 0.3) is 10.8 Å². The zero-order valence-corrected chi connectivity index (χ0v) is 9.63. The number of carboxylic acid groups (broad SMARTS) is 1. The summed E-state index contributed by atoms with van der Waals surface area (Å²) in [6, 6.07) is 11.0. The summed E-state index contributed by atoms with van der Waals surface area (Å²) < 4.78 is 5.33. The summed E-state index contributed by atoms with van der Waals surface area (Å²) in [5, 5.41) is 10.3. The number of hydrogen-bond acceptors (Lipinski definition) is 3. The van der Waals surface area contributed by atoms with Gasteiger partial charge in [-0.3, -0.25) is 9.59 Å². The molecular weight excluding hydrogens is 232 g/mol. The molecule has 0 heterocycles. The molecule has 0 amide bonds. The van der Waals surface area contributed by atoms with E-state index in [-0.39, 0.29) is 13.0 Å². The Morgan fingerprint density at radius 3 is 2.72 bits per heavy atom. The summed E-state index contributed by atoms with van der Waals surface area (Å²) in [6.07, 6.45) is 0.642. The van der Waals surface area contributed by atoms with Crippen LogP contribution in [0.5, 0.6) is 5.75 Å². The van der Waals surface area contributed by atoms with Gasteiger partial charge in [-0.2, -0.15) is 0 Å². The van der Waals surface area contributed by atoms with Gasteiger partial charge in [0.05, 0.1) is 18.6 Å². The summed E-state index contributed by atoms with van der Waals surface area (Å²) in [4.78, 5) is 21.5. The lowest BCUT2D eigenvalue weighted by molar-refractivity contribution is -0.137. The molecule has 0 aliphatic rings. The standard InChI is InChI=1S/C14H12O4/c15-9-12-11-4-2-1-3-10(11)5-6-13(12)18-8-7-14(16)17/h1-6,9H,7-8H2,(H,16,17). The van der Waals surface area contributed by atoms with Gasteiger partial charge in [0, 0.05) is 0 Å².